The highest BCUT2D eigenvalue weighted by molar-refractivity contribution is 5.95. The highest BCUT2D eigenvalue weighted by atomic mass is 16.5. The Bertz CT molecular complexity index is 809. The van der Waals surface area contributed by atoms with Gasteiger partial charge in [0, 0.05) is 17.3 Å². The molecular formula is C23H31N3O4. The molecule has 0 fully saturated rings. The van der Waals surface area contributed by atoms with Gasteiger partial charge in [0.2, 0.25) is 0 Å². The van der Waals surface area contributed by atoms with Gasteiger partial charge in [0.05, 0.1) is 13.2 Å². The van der Waals surface area contributed by atoms with Gasteiger partial charge in [0.25, 0.3) is 0 Å². The summed E-state index contributed by atoms with van der Waals surface area (Å²) in [6, 6.07) is 11.0. The molecule has 0 aliphatic carbocycles. The Kier molecular flexibility index (Phi) is 9.00. The molecule has 0 radical (unpaired) electrons. The number of carboxylic acid groups (broad SMARTS) is 1. The molecule has 7 heteroatoms. The second kappa shape index (κ2) is 11.7. The number of carboxylic acids is 1. The Morgan fingerprint density at radius 3 is 2.00 bits per heavy atom. The molecule has 0 bridgehead atoms. The van der Waals surface area contributed by atoms with Gasteiger partial charge in [0.15, 0.2) is 6.04 Å². The van der Waals surface area contributed by atoms with E-state index in [1.54, 1.807) is 42.5 Å². The van der Waals surface area contributed by atoms with Crippen LogP contribution < -0.4 is 20.5 Å². The Morgan fingerprint density at radius 1 is 1.03 bits per heavy atom. The van der Waals surface area contributed by atoms with E-state index >= 15 is 0 Å². The Balaban J connectivity index is 2.28. The number of aliphatic carboxylic acids is 1. The van der Waals surface area contributed by atoms with Crippen molar-refractivity contribution in [2.75, 3.05) is 18.5 Å². The van der Waals surface area contributed by atoms with Crippen LogP contribution in [-0.4, -0.2) is 30.1 Å². The van der Waals surface area contributed by atoms with Crippen LogP contribution >= 0.6 is 0 Å². The number of benzene rings is 2. The van der Waals surface area contributed by atoms with Crippen molar-refractivity contribution in [2.45, 2.75) is 45.6 Å². The zero-order valence-corrected chi connectivity index (χ0v) is 17.6. The number of rotatable bonds is 13. The lowest BCUT2D eigenvalue weighted by molar-refractivity contribution is -0.138. The topological polar surface area (TPSA) is 118 Å². The van der Waals surface area contributed by atoms with Crippen LogP contribution in [0.3, 0.4) is 0 Å². The molecule has 0 heterocycles. The smallest absolute Gasteiger partial charge is 0.330 e. The summed E-state index contributed by atoms with van der Waals surface area (Å²) in [5, 5.41) is 20.3. The number of anilines is 1. The molecule has 1 unspecified atom stereocenters. The fourth-order valence-electron chi connectivity index (χ4n) is 2.80. The molecule has 1 atom stereocenters. The molecule has 0 aliphatic rings. The number of hydrogen-bond acceptors (Lipinski definition) is 5. The highest BCUT2D eigenvalue weighted by Gasteiger charge is 2.22. The lowest BCUT2D eigenvalue weighted by Gasteiger charge is -2.19. The van der Waals surface area contributed by atoms with Crippen LogP contribution in [0.25, 0.3) is 0 Å². The van der Waals surface area contributed by atoms with E-state index in [0.29, 0.717) is 41.5 Å². The molecule has 0 aliphatic heterocycles. The van der Waals surface area contributed by atoms with E-state index in [9.17, 15) is 9.90 Å². The summed E-state index contributed by atoms with van der Waals surface area (Å²) in [7, 11) is 0. The van der Waals surface area contributed by atoms with Crippen LogP contribution in [0.15, 0.2) is 42.5 Å². The summed E-state index contributed by atoms with van der Waals surface area (Å²) >= 11 is 0. The third-order valence-electron chi connectivity index (χ3n) is 4.52. The predicted octanol–water partition coefficient (Wildman–Crippen LogP) is 4.57. The summed E-state index contributed by atoms with van der Waals surface area (Å²) in [5.74, 6) is 0.123. The van der Waals surface area contributed by atoms with Crippen LogP contribution in [-0.2, 0) is 4.79 Å². The van der Waals surface area contributed by atoms with Gasteiger partial charge in [-0.1, -0.05) is 26.7 Å². The molecule has 162 valence electrons. The number of hydrogen-bond donors (Lipinski definition) is 4. The normalized spacial score (nSPS) is 11.5. The largest absolute Gasteiger partial charge is 0.493 e. The number of unbranched alkanes of at least 4 members (excludes halogenated alkanes) is 2. The molecule has 0 saturated carbocycles. The SMILES string of the molecule is CCCCOc1cc(OCCCC)cc(C(Nc2ccc(C(=N)N)cc2)C(=O)O)c1. The minimum Gasteiger partial charge on any atom is -0.493 e. The first-order chi connectivity index (χ1) is 14.4. The van der Waals surface area contributed by atoms with Crippen molar-refractivity contribution in [1.82, 2.24) is 0 Å². The first-order valence-corrected chi connectivity index (χ1v) is 10.3. The van der Waals surface area contributed by atoms with Crippen molar-refractivity contribution in [3.05, 3.63) is 53.6 Å². The zero-order chi connectivity index (χ0) is 21.9. The first-order valence-electron chi connectivity index (χ1n) is 10.3. The number of amidine groups is 1. The van der Waals surface area contributed by atoms with Gasteiger partial charge in [-0.05, 0) is 54.8 Å². The molecule has 2 aromatic rings. The maximum absolute atomic E-state index is 12.0. The van der Waals surface area contributed by atoms with Crippen molar-refractivity contribution in [3.8, 4) is 11.5 Å². The van der Waals surface area contributed by atoms with E-state index in [4.69, 9.17) is 20.6 Å². The maximum atomic E-state index is 12.0. The van der Waals surface area contributed by atoms with Gasteiger partial charge < -0.3 is 25.6 Å². The summed E-state index contributed by atoms with van der Waals surface area (Å²) in [6.07, 6.45) is 3.85. The van der Waals surface area contributed by atoms with Crippen LogP contribution in [0.2, 0.25) is 0 Å². The zero-order valence-electron chi connectivity index (χ0n) is 17.6. The van der Waals surface area contributed by atoms with E-state index < -0.39 is 12.0 Å². The lowest BCUT2D eigenvalue weighted by atomic mass is 10.1. The van der Waals surface area contributed by atoms with Gasteiger partial charge in [-0.2, -0.15) is 0 Å². The van der Waals surface area contributed by atoms with Gasteiger partial charge >= 0.3 is 5.97 Å². The van der Waals surface area contributed by atoms with Crippen LogP contribution in [0, 0.1) is 5.41 Å². The van der Waals surface area contributed by atoms with Crippen molar-refractivity contribution in [3.63, 3.8) is 0 Å². The monoisotopic (exact) mass is 413 g/mol. The van der Waals surface area contributed by atoms with Crippen molar-refractivity contribution >= 4 is 17.5 Å². The van der Waals surface area contributed by atoms with Crippen LogP contribution in [0.4, 0.5) is 5.69 Å². The fraction of sp³-hybridized carbons (Fsp3) is 0.391. The highest BCUT2D eigenvalue weighted by Crippen LogP contribution is 2.29. The number of ether oxygens (including phenoxy) is 2. The summed E-state index contributed by atoms with van der Waals surface area (Å²) in [5.41, 5.74) is 7.20. The minimum absolute atomic E-state index is 0.0397. The molecule has 0 spiro atoms. The average Bonchev–Trinajstić information content (AvgIpc) is 2.72. The number of carbonyl (C=O) groups is 1. The fourth-order valence-corrected chi connectivity index (χ4v) is 2.80. The Morgan fingerprint density at radius 2 is 1.57 bits per heavy atom. The number of nitrogen functional groups attached to an aromatic ring is 1. The van der Waals surface area contributed by atoms with Gasteiger partial charge in [-0.25, -0.2) is 4.79 Å². The lowest BCUT2D eigenvalue weighted by Crippen LogP contribution is -2.21. The second-order valence-electron chi connectivity index (χ2n) is 7.05. The van der Waals surface area contributed by atoms with Gasteiger partial charge in [-0.15, -0.1) is 0 Å². The quantitative estimate of drug-likeness (QED) is 0.217. The van der Waals surface area contributed by atoms with Gasteiger partial charge in [-0.3, -0.25) is 5.41 Å². The molecule has 5 N–H and O–H groups in total. The van der Waals surface area contributed by atoms with Crippen LogP contribution in [0.1, 0.15) is 56.7 Å². The third kappa shape index (κ3) is 6.99. The molecule has 2 aromatic carbocycles. The molecule has 2 rings (SSSR count). The van der Waals surface area contributed by atoms with E-state index in [-0.39, 0.29) is 5.84 Å². The average molecular weight is 414 g/mol. The van der Waals surface area contributed by atoms with E-state index in [1.165, 1.54) is 0 Å². The van der Waals surface area contributed by atoms with E-state index in [1.807, 2.05) is 0 Å². The second-order valence-corrected chi connectivity index (χ2v) is 7.05. The standard InChI is InChI=1S/C23H31N3O4/c1-3-5-11-29-19-13-17(14-20(15-19)30-12-6-4-2)21(23(27)28)26-18-9-7-16(8-10-18)22(24)25/h7-10,13-15,21,26H,3-6,11-12H2,1-2H3,(H3,24,25)(H,27,28). The van der Waals surface area contributed by atoms with Gasteiger partial charge in [0.1, 0.15) is 17.3 Å². The minimum atomic E-state index is -1.02. The van der Waals surface area contributed by atoms with Crippen molar-refractivity contribution < 1.29 is 19.4 Å². The van der Waals surface area contributed by atoms with E-state index in [0.717, 1.165) is 25.7 Å². The van der Waals surface area contributed by atoms with E-state index in [2.05, 4.69) is 19.2 Å². The first kappa shape index (κ1) is 23.1. The van der Waals surface area contributed by atoms with Crippen molar-refractivity contribution in [2.24, 2.45) is 5.73 Å². The van der Waals surface area contributed by atoms with Crippen molar-refractivity contribution in [1.29, 1.82) is 5.41 Å². The molecule has 7 nitrogen and oxygen atoms in total. The molecule has 30 heavy (non-hydrogen) atoms. The Labute approximate surface area is 177 Å². The van der Waals surface area contributed by atoms with Crippen LogP contribution in [0.5, 0.6) is 11.5 Å². The summed E-state index contributed by atoms with van der Waals surface area (Å²) in [6.45, 7) is 5.29. The number of nitrogens with two attached hydrogens (primary N) is 1. The maximum Gasteiger partial charge on any atom is 0.330 e. The molecule has 0 saturated heterocycles. The molecule has 0 aromatic heterocycles. The summed E-state index contributed by atoms with van der Waals surface area (Å²) < 4.78 is 11.6. The molecular weight excluding hydrogens is 382 g/mol. The number of nitrogens with one attached hydrogen (secondary N) is 2. The Hall–Kier alpha value is -3.22. The molecule has 0 amide bonds. The third-order valence-corrected chi connectivity index (χ3v) is 4.52. The summed E-state index contributed by atoms with van der Waals surface area (Å²) in [4.78, 5) is 12.0. The predicted molar refractivity (Wildman–Crippen MR) is 119 cm³/mol.